The second-order valence-corrected chi connectivity index (χ2v) is 12.9. The number of amides is 1. The van der Waals surface area contributed by atoms with Crippen molar-refractivity contribution in [3.8, 4) is 0 Å². The van der Waals surface area contributed by atoms with Crippen LogP contribution in [0.25, 0.3) is 0 Å². The molecule has 44 heavy (non-hydrogen) atoms. The maximum Gasteiger partial charge on any atom is 0.294 e. The van der Waals surface area contributed by atoms with E-state index >= 15 is 0 Å². The van der Waals surface area contributed by atoms with Crippen LogP contribution in [0.15, 0.2) is 106 Å². The van der Waals surface area contributed by atoms with Crippen molar-refractivity contribution in [1.82, 2.24) is 9.88 Å². The lowest BCUT2D eigenvalue weighted by Gasteiger charge is -2.14. The molecule has 4 rings (SSSR count). The average molecular weight is 640 g/mol. The average Bonchev–Trinajstić information content (AvgIpc) is 2.97. The molecule has 0 aliphatic rings. The molecule has 0 saturated carbocycles. The van der Waals surface area contributed by atoms with Gasteiger partial charge in [-0.05, 0) is 54.8 Å². The van der Waals surface area contributed by atoms with E-state index in [1.165, 1.54) is 29.0 Å². The smallest absolute Gasteiger partial charge is 0.294 e. The van der Waals surface area contributed by atoms with Crippen LogP contribution in [0.2, 0.25) is 0 Å². The molecule has 0 spiro atoms. The van der Waals surface area contributed by atoms with E-state index in [4.69, 9.17) is 10.4 Å². The van der Waals surface area contributed by atoms with E-state index in [0.717, 1.165) is 16.7 Å². The standard InChI is InChI=1S/C23H25N5O4S.C7H8O3S/c1-17-7-12-21(27-33(31,32)16-20-5-3-2-4-6-20)23(30)28(17)15-22(29)25-13-18-8-10-19(11-9-18)14-26-24;1-6-2-4-7(5-3-6)11(8,9)10/h2-12,14,27H,13,15-16,24H2,1H3,(H,25,29);2-5H,1H3,(H,8,9,10). The van der Waals surface area contributed by atoms with Gasteiger partial charge in [-0.3, -0.25) is 18.9 Å². The minimum absolute atomic E-state index is 0.0666. The Balaban J connectivity index is 0.000000404. The number of carbonyl (C=O) groups excluding carboxylic acids is 1. The summed E-state index contributed by atoms with van der Waals surface area (Å²) in [7, 11) is -7.82. The molecule has 0 unspecified atom stereocenters. The summed E-state index contributed by atoms with van der Waals surface area (Å²) in [6.07, 6.45) is 1.51. The summed E-state index contributed by atoms with van der Waals surface area (Å²) in [5.74, 6) is 4.48. The summed E-state index contributed by atoms with van der Waals surface area (Å²) in [5, 5.41) is 6.21. The molecule has 0 aliphatic heterocycles. The second kappa shape index (κ2) is 15.1. The number of nitrogens with zero attached hydrogens (tertiary/aromatic N) is 2. The summed E-state index contributed by atoms with van der Waals surface area (Å²) < 4.78 is 58.1. The van der Waals surface area contributed by atoms with Crippen molar-refractivity contribution in [2.45, 2.75) is 37.6 Å². The SMILES string of the molecule is Cc1ccc(NS(=O)(=O)Cc2ccccc2)c(=O)n1CC(=O)NCc1ccc(C=NN)cc1.Cc1ccc(S(=O)(=O)O)cc1. The lowest BCUT2D eigenvalue weighted by atomic mass is 10.1. The fourth-order valence-electron chi connectivity index (χ4n) is 3.86. The van der Waals surface area contributed by atoms with E-state index in [-0.39, 0.29) is 35.3 Å². The number of aromatic nitrogens is 1. The zero-order valence-electron chi connectivity index (χ0n) is 24.0. The molecule has 1 amide bonds. The second-order valence-electron chi connectivity index (χ2n) is 9.71. The first-order valence-corrected chi connectivity index (χ1v) is 16.2. The fraction of sp³-hybridized carbons (Fsp3) is 0.167. The van der Waals surface area contributed by atoms with E-state index in [1.54, 1.807) is 55.5 Å². The highest BCUT2D eigenvalue weighted by Gasteiger charge is 2.16. The maximum atomic E-state index is 12.9. The number of aryl methyl sites for hydroxylation is 2. The predicted octanol–water partition coefficient (Wildman–Crippen LogP) is 2.95. The Morgan fingerprint density at radius 2 is 1.52 bits per heavy atom. The van der Waals surface area contributed by atoms with E-state index in [1.807, 2.05) is 31.2 Å². The van der Waals surface area contributed by atoms with Gasteiger partial charge in [0.25, 0.3) is 15.7 Å². The first-order chi connectivity index (χ1) is 20.8. The Kier molecular flexibility index (Phi) is 11.6. The first-order valence-electron chi connectivity index (χ1n) is 13.2. The summed E-state index contributed by atoms with van der Waals surface area (Å²) in [4.78, 5) is 25.2. The summed E-state index contributed by atoms with van der Waals surface area (Å²) in [5.41, 5.74) is 3.09. The number of nitrogens with one attached hydrogen (secondary N) is 2. The highest BCUT2D eigenvalue weighted by molar-refractivity contribution is 7.91. The molecule has 0 radical (unpaired) electrons. The molecule has 14 heteroatoms. The topological polar surface area (TPSA) is 190 Å². The van der Waals surface area contributed by atoms with Gasteiger partial charge in [0.15, 0.2) is 0 Å². The molecule has 4 aromatic rings. The van der Waals surface area contributed by atoms with Crippen molar-refractivity contribution >= 4 is 38.0 Å². The minimum Gasteiger partial charge on any atom is -0.350 e. The lowest BCUT2D eigenvalue weighted by molar-refractivity contribution is -0.121. The van der Waals surface area contributed by atoms with Gasteiger partial charge in [-0.15, -0.1) is 0 Å². The molecule has 232 valence electrons. The Morgan fingerprint density at radius 1 is 0.886 bits per heavy atom. The van der Waals surface area contributed by atoms with Crippen LogP contribution in [0.1, 0.15) is 27.9 Å². The third-order valence-electron chi connectivity index (χ3n) is 6.17. The van der Waals surface area contributed by atoms with E-state index in [2.05, 4.69) is 15.1 Å². The zero-order valence-corrected chi connectivity index (χ0v) is 25.7. The molecule has 0 fully saturated rings. The van der Waals surface area contributed by atoms with Crippen LogP contribution < -0.4 is 21.4 Å². The summed E-state index contributed by atoms with van der Waals surface area (Å²) in [6.45, 7) is 3.55. The molecule has 0 bridgehead atoms. The van der Waals surface area contributed by atoms with Gasteiger partial charge >= 0.3 is 0 Å². The largest absolute Gasteiger partial charge is 0.350 e. The molecular formula is C30H33N5O7S2. The van der Waals surface area contributed by atoms with Crippen LogP contribution in [0.4, 0.5) is 5.69 Å². The zero-order chi connectivity index (χ0) is 32.3. The van der Waals surface area contributed by atoms with Crippen molar-refractivity contribution in [3.63, 3.8) is 0 Å². The Morgan fingerprint density at radius 3 is 2.11 bits per heavy atom. The molecular weight excluding hydrogens is 606 g/mol. The number of hydrazone groups is 1. The summed E-state index contributed by atoms with van der Waals surface area (Å²) >= 11 is 0. The van der Waals surface area contributed by atoms with Gasteiger partial charge in [0.2, 0.25) is 15.9 Å². The number of benzene rings is 3. The minimum atomic E-state index is -4.02. The third kappa shape index (κ3) is 10.5. The molecule has 12 nitrogen and oxygen atoms in total. The third-order valence-corrected chi connectivity index (χ3v) is 8.28. The van der Waals surface area contributed by atoms with Gasteiger partial charge in [0, 0.05) is 12.2 Å². The van der Waals surface area contributed by atoms with Gasteiger partial charge in [-0.1, -0.05) is 72.3 Å². The Hall–Kier alpha value is -4.79. The number of rotatable bonds is 10. The lowest BCUT2D eigenvalue weighted by Crippen LogP contribution is -2.34. The van der Waals surface area contributed by atoms with Gasteiger partial charge in [0.05, 0.1) is 16.9 Å². The van der Waals surface area contributed by atoms with Crippen molar-refractivity contribution in [2.75, 3.05) is 4.72 Å². The first kappa shape index (κ1) is 33.7. The predicted molar refractivity (Wildman–Crippen MR) is 169 cm³/mol. The van der Waals surface area contributed by atoms with Crippen molar-refractivity contribution in [3.05, 3.63) is 129 Å². The normalized spacial score (nSPS) is 11.4. The molecule has 3 aromatic carbocycles. The van der Waals surface area contributed by atoms with Crippen LogP contribution >= 0.6 is 0 Å². The van der Waals surface area contributed by atoms with Gasteiger partial charge in [-0.25, -0.2) is 8.42 Å². The molecule has 5 N–H and O–H groups in total. The van der Waals surface area contributed by atoms with Crippen molar-refractivity contribution < 1.29 is 26.2 Å². The number of anilines is 1. The monoisotopic (exact) mass is 639 g/mol. The molecule has 1 aromatic heterocycles. The number of pyridine rings is 1. The van der Waals surface area contributed by atoms with Crippen LogP contribution in [-0.4, -0.2) is 38.1 Å². The number of hydrogen-bond acceptors (Lipinski definition) is 8. The fourth-order valence-corrected chi connectivity index (χ4v) is 5.53. The van der Waals surface area contributed by atoms with E-state index in [9.17, 15) is 26.4 Å². The van der Waals surface area contributed by atoms with Crippen molar-refractivity contribution in [1.29, 1.82) is 0 Å². The highest BCUT2D eigenvalue weighted by atomic mass is 32.2. The number of carbonyl (C=O) groups is 1. The van der Waals surface area contributed by atoms with E-state index in [0.29, 0.717) is 11.3 Å². The Bertz CT molecular complexity index is 1870. The van der Waals surface area contributed by atoms with Crippen LogP contribution in [0.3, 0.4) is 0 Å². The highest BCUT2D eigenvalue weighted by Crippen LogP contribution is 2.11. The van der Waals surface area contributed by atoms with Crippen LogP contribution in [0, 0.1) is 13.8 Å². The van der Waals surface area contributed by atoms with Gasteiger partial charge in [0.1, 0.15) is 12.2 Å². The quantitative estimate of drug-likeness (QED) is 0.0881. The Labute approximate surface area is 256 Å². The van der Waals surface area contributed by atoms with Crippen LogP contribution in [0.5, 0.6) is 0 Å². The number of hydrogen-bond donors (Lipinski definition) is 4. The number of nitrogens with two attached hydrogens (primary N) is 1. The molecule has 1 heterocycles. The molecule has 0 aliphatic carbocycles. The van der Waals surface area contributed by atoms with Gasteiger partial charge < -0.3 is 15.7 Å². The van der Waals surface area contributed by atoms with E-state index < -0.39 is 25.7 Å². The van der Waals surface area contributed by atoms with Crippen molar-refractivity contribution in [2.24, 2.45) is 10.9 Å². The number of sulfonamides is 1. The summed E-state index contributed by atoms with van der Waals surface area (Å²) in [6, 6.07) is 24.9. The van der Waals surface area contributed by atoms with Crippen LogP contribution in [-0.2, 0) is 43.8 Å². The molecule has 0 saturated heterocycles. The maximum absolute atomic E-state index is 12.9. The van der Waals surface area contributed by atoms with Gasteiger partial charge in [-0.2, -0.15) is 13.5 Å². The molecule has 0 atom stereocenters.